The summed E-state index contributed by atoms with van der Waals surface area (Å²) in [5.41, 5.74) is 1.63. The molecule has 20 heavy (non-hydrogen) atoms. The Hall–Kier alpha value is -1.91. The van der Waals surface area contributed by atoms with Crippen LogP contribution in [-0.2, 0) is 10.0 Å². The molecule has 0 radical (unpaired) electrons. The maximum absolute atomic E-state index is 12.0. The predicted octanol–water partition coefficient (Wildman–Crippen LogP) is 1.85. The average molecular weight is 292 g/mol. The van der Waals surface area contributed by atoms with Crippen LogP contribution in [0.1, 0.15) is 32.1 Å². The van der Waals surface area contributed by atoms with Crippen molar-refractivity contribution in [1.82, 2.24) is 14.7 Å². The maximum Gasteiger partial charge on any atom is 0.228 e. The summed E-state index contributed by atoms with van der Waals surface area (Å²) in [4.78, 5) is 7.41. The summed E-state index contributed by atoms with van der Waals surface area (Å²) in [6, 6.07) is 8.74. The molecule has 0 fully saturated rings. The normalized spacial score (nSPS) is 14.8. The van der Waals surface area contributed by atoms with Crippen LogP contribution in [0.5, 0.6) is 0 Å². The molecule has 1 heterocycles. The number of nitrogens with zero attached hydrogens (tertiary/aromatic N) is 2. The Bertz CT molecular complexity index is 712. The number of nitrogens with one attached hydrogen (secondary N) is 2. The molecule has 7 heteroatoms. The van der Waals surface area contributed by atoms with Gasteiger partial charge in [0.15, 0.2) is 5.25 Å². The van der Waals surface area contributed by atoms with Gasteiger partial charge in [-0.15, -0.1) is 0 Å². The molecule has 0 spiro atoms. The number of rotatable bonds is 5. The van der Waals surface area contributed by atoms with Gasteiger partial charge in [0.2, 0.25) is 10.0 Å². The Morgan fingerprint density at radius 2 is 2.15 bits per heavy atom. The number of sulfonamides is 1. The first-order valence-electron chi connectivity index (χ1n) is 6.33. The zero-order chi connectivity index (χ0) is 14.8. The second kappa shape index (κ2) is 5.61. The van der Waals surface area contributed by atoms with Gasteiger partial charge in [-0.25, -0.2) is 18.1 Å². The summed E-state index contributed by atoms with van der Waals surface area (Å²) in [7, 11) is -3.68. The van der Waals surface area contributed by atoms with Gasteiger partial charge < -0.3 is 4.98 Å². The second-order valence-electron chi connectivity index (χ2n) is 4.55. The quantitative estimate of drug-likeness (QED) is 0.878. The van der Waals surface area contributed by atoms with E-state index >= 15 is 0 Å². The molecule has 1 aromatic carbocycles. The molecule has 0 amide bonds. The number of hydrogen-bond donors (Lipinski definition) is 2. The number of imidazole rings is 1. The zero-order valence-corrected chi connectivity index (χ0v) is 12.1. The molecule has 2 aromatic rings. The van der Waals surface area contributed by atoms with E-state index in [2.05, 4.69) is 14.7 Å². The van der Waals surface area contributed by atoms with Crippen molar-refractivity contribution in [3.05, 3.63) is 30.1 Å². The molecule has 0 bridgehead atoms. The first-order valence-corrected chi connectivity index (χ1v) is 7.88. The van der Waals surface area contributed by atoms with Gasteiger partial charge >= 0.3 is 0 Å². The lowest BCUT2D eigenvalue weighted by Crippen LogP contribution is -2.35. The van der Waals surface area contributed by atoms with Gasteiger partial charge in [0.1, 0.15) is 5.82 Å². The van der Waals surface area contributed by atoms with E-state index in [9.17, 15) is 8.42 Å². The number of hydrogen-bond acceptors (Lipinski definition) is 4. The van der Waals surface area contributed by atoms with Crippen molar-refractivity contribution in [3.8, 4) is 6.07 Å². The van der Waals surface area contributed by atoms with Crippen molar-refractivity contribution in [1.29, 1.82) is 5.26 Å². The van der Waals surface area contributed by atoms with E-state index in [1.54, 1.807) is 19.9 Å². The van der Waals surface area contributed by atoms with Crippen LogP contribution in [0.4, 0.5) is 0 Å². The van der Waals surface area contributed by atoms with Crippen molar-refractivity contribution in [2.24, 2.45) is 0 Å². The van der Waals surface area contributed by atoms with E-state index in [-0.39, 0.29) is 6.42 Å². The molecular formula is C13H16N4O2S. The van der Waals surface area contributed by atoms with Gasteiger partial charge in [0.05, 0.1) is 23.1 Å². The molecule has 0 aliphatic heterocycles. The molecule has 2 N–H and O–H groups in total. The number of H-pyrrole nitrogens is 1. The van der Waals surface area contributed by atoms with Crippen LogP contribution in [0, 0.1) is 11.3 Å². The van der Waals surface area contributed by atoms with Crippen molar-refractivity contribution in [2.75, 3.05) is 0 Å². The molecule has 0 aliphatic carbocycles. The molecular weight excluding hydrogens is 276 g/mol. The number of para-hydroxylation sites is 2. The topological polar surface area (TPSA) is 98.6 Å². The van der Waals surface area contributed by atoms with Gasteiger partial charge in [-0.2, -0.15) is 5.26 Å². The molecule has 0 saturated heterocycles. The van der Waals surface area contributed by atoms with E-state index in [1.165, 1.54) is 0 Å². The monoisotopic (exact) mass is 292 g/mol. The first-order chi connectivity index (χ1) is 9.47. The summed E-state index contributed by atoms with van der Waals surface area (Å²) in [5, 5.41) is 7.82. The Morgan fingerprint density at radius 3 is 2.75 bits per heavy atom. The van der Waals surface area contributed by atoms with Gasteiger partial charge in [0, 0.05) is 0 Å². The molecule has 6 nitrogen and oxygen atoms in total. The van der Waals surface area contributed by atoms with Crippen molar-refractivity contribution in [2.45, 2.75) is 31.6 Å². The van der Waals surface area contributed by atoms with E-state index in [0.29, 0.717) is 5.82 Å². The number of aromatic nitrogens is 2. The van der Waals surface area contributed by atoms with Gasteiger partial charge in [-0.3, -0.25) is 0 Å². The molecule has 2 rings (SSSR count). The van der Waals surface area contributed by atoms with E-state index < -0.39 is 21.3 Å². The van der Waals surface area contributed by atoms with E-state index in [4.69, 9.17) is 5.26 Å². The predicted molar refractivity (Wildman–Crippen MR) is 76.3 cm³/mol. The second-order valence-corrected chi connectivity index (χ2v) is 6.44. The lowest BCUT2D eigenvalue weighted by molar-refractivity contribution is 0.553. The third kappa shape index (κ3) is 2.81. The van der Waals surface area contributed by atoms with E-state index in [0.717, 1.165) is 11.0 Å². The summed E-state index contributed by atoms with van der Waals surface area (Å²) in [6.45, 7) is 3.36. The SMILES string of the molecule is CCC(C#N)S(=O)(=O)NC(C)c1nc2ccccc2[nH]1. The third-order valence-electron chi connectivity index (χ3n) is 3.05. The number of fused-ring (bicyclic) bond motifs is 1. The minimum Gasteiger partial charge on any atom is -0.341 e. The van der Waals surface area contributed by atoms with Crippen LogP contribution in [0.2, 0.25) is 0 Å². The highest BCUT2D eigenvalue weighted by molar-refractivity contribution is 7.90. The van der Waals surface area contributed by atoms with Crippen molar-refractivity contribution >= 4 is 21.1 Å². The highest BCUT2D eigenvalue weighted by Gasteiger charge is 2.26. The van der Waals surface area contributed by atoms with E-state index in [1.807, 2.05) is 24.3 Å². The average Bonchev–Trinajstić information content (AvgIpc) is 2.83. The zero-order valence-electron chi connectivity index (χ0n) is 11.3. The lowest BCUT2D eigenvalue weighted by Gasteiger charge is -2.14. The third-order valence-corrected chi connectivity index (χ3v) is 4.92. The molecule has 2 atom stereocenters. The molecule has 2 unspecified atom stereocenters. The number of benzene rings is 1. The minimum atomic E-state index is -3.68. The Morgan fingerprint density at radius 1 is 1.45 bits per heavy atom. The van der Waals surface area contributed by atoms with Gasteiger partial charge in [-0.05, 0) is 25.5 Å². The fourth-order valence-electron chi connectivity index (χ4n) is 1.94. The Balaban J connectivity index is 2.24. The van der Waals surface area contributed by atoms with Crippen molar-refractivity contribution < 1.29 is 8.42 Å². The molecule has 106 valence electrons. The van der Waals surface area contributed by atoms with Crippen molar-refractivity contribution in [3.63, 3.8) is 0 Å². The van der Waals surface area contributed by atoms with Crippen LogP contribution in [0.25, 0.3) is 11.0 Å². The van der Waals surface area contributed by atoms with Crippen LogP contribution in [-0.4, -0.2) is 23.6 Å². The number of nitriles is 1. The Labute approximate surface area is 117 Å². The highest BCUT2D eigenvalue weighted by atomic mass is 32.2. The van der Waals surface area contributed by atoms with Crippen LogP contribution >= 0.6 is 0 Å². The van der Waals surface area contributed by atoms with Crippen LogP contribution < -0.4 is 4.72 Å². The van der Waals surface area contributed by atoms with Crippen LogP contribution in [0.3, 0.4) is 0 Å². The maximum atomic E-state index is 12.0. The summed E-state index contributed by atoms with van der Waals surface area (Å²) < 4.78 is 26.5. The fraction of sp³-hybridized carbons (Fsp3) is 0.385. The minimum absolute atomic E-state index is 0.249. The molecule has 0 saturated carbocycles. The summed E-state index contributed by atoms with van der Waals surface area (Å²) >= 11 is 0. The molecule has 1 aromatic heterocycles. The standard InChI is InChI=1S/C13H16N4O2S/c1-3-10(8-14)20(18,19)17-9(2)13-15-11-6-4-5-7-12(11)16-13/h4-7,9-10,17H,3H2,1-2H3,(H,15,16). The summed E-state index contributed by atoms with van der Waals surface area (Å²) in [6.07, 6.45) is 0.249. The van der Waals surface area contributed by atoms with Gasteiger partial charge in [-0.1, -0.05) is 19.1 Å². The van der Waals surface area contributed by atoms with Gasteiger partial charge in [0.25, 0.3) is 0 Å². The number of aromatic amines is 1. The molecule has 0 aliphatic rings. The lowest BCUT2D eigenvalue weighted by atomic mass is 10.3. The smallest absolute Gasteiger partial charge is 0.228 e. The Kier molecular flexibility index (Phi) is 4.06. The largest absolute Gasteiger partial charge is 0.341 e. The van der Waals surface area contributed by atoms with Crippen LogP contribution in [0.15, 0.2) is 24.3 Å². The summed E-state index contributed by atoms with van der Waals surface area (Å²) in [5.74, 6) is 0.530. The fourth-order valence-corrected chi connectivity index (χ4v) is 3.29. The first kappa shape index (κ1) is 14.5. The highest BCUT2D eigenvalue weighted by Crippen LogP contribution is 2.17.